The van der Waals surface area contributed by atoms with E-state index >= 15 is 0 Å². The monoisotopic (exact) mass is 280 g/mol. The zero-order valence-corrected chi connectivity index (χ0v) is 10.5. The highest BCUT2D eigenvalue weighted by atomic mass is 35.5. The lowest BCUT2D eigenvalue weighted by atomic mass is 10.2. The Morgan fingerprint density at radius 3 is 2.47 bits per heavy atom. The number of nitrogens with zero attached hydrogens (tertiary/aromatic N) is 1. The Balaban J connectivity index is 2.06. The second kappa shape index (κ2) is 5.67. The maximum atomic E-state index is 13.4. The zero-order chi connectivity index (χ0) is 13.8. The molecule has 0 aromatic heterocycles. The first-order chi connectivity index (χ1) is 9.06. The molecule has 0 bridgehead atoms. The molecule has 0 fully saturated rings. The smallest absolute Gasteiger partial charge is 0.304 e. The quantitative estimate of drug-likeness (QED) is 0.680. The van der Waals surface area contributed by atoms with Crippen LogP contribution in [0.25, 0.3) is 0 Å². The van der Waals surface area contributed by atoms with Gasteiger partial charge in [0.25, 0.3) is 0 Å². The average molecular weight is 281 g/mol. The third-order valence-corrected chi connectivity index (χ3v) is 2.80. The van der Waals surface area contributed by atoms with Gasteiger partial charge in [-0.2, -0.15) is 4.39 Å². The van der Waals surface area contributed by atoms with E-state index in [0.29, 0.717) is 17.1 Å². The van der Waals surface area contributed by atoms with Crippen LogP contribution in [0.1, 0.15) is 5.56 Å². The van der Waals surface area contributed by atoms with Gasteiger partial charge >= 0.3 is 5.69 Å². The third kappa shape index (κ3) is 3.42. The molecule has 0 aliphatic rings. The highest BCUT2D eigenvalue weighted by Crippen LogP contribution is 2.19. The van der Waals surface area contributed by atoms with Crippen molar-refractivity contribution in [3.8, 4) is 0 Å². The van der Waals surface area contributed by atoms with E-state index in [1.807, 2.05) is 0 Å². The second-order valence-electron chi connectivity index (χ2n) is 3.90. The van der Waals surface area contributed by atoms with E-state index in [0.717, 1.165) is 17.8 Å². The largest absolute Gasteiger partial charge is 0.381 e. The summed E-state index contributed by atoms with van der Waals surface area (Å²) in [6.45, 7) is 0.372. The lowest BCUT2D eigenvalue weighted by Gasteiger charge is -2.06. The molecule has 4 nitrogen and oxygen atoms in total. The Labute approximate surface area is 114 Å². The fourth-order valence-corrected chi connectivity index (χ4v) is 1.71. The lowest BCUT2D eigenvalue weighted by molar-refractivity contribution is -0.387. The van der Waals surface area contributed by atoms with Gasteiger partial charge in [-0.25, -0.2) is 0 Å². The minimum absolute atomic E-state index is 0.372. The van der Waals surface area contributed by atoms with Crippen molar-refractivity contribution in [2.24, 2.45) is 0 Å². The summed E-state index contributed by atoms with van der Waals surface area (Å²) in [4.78, 5) is 9.74. The predicted octanol–water partition coefficient (Wildman–Crippen LogP) is 4.00. The van der Waals surface area contributed by atoms with E-state index in [9.17, 15) is 14.5 Å². The average Bonchev–Trinajstić information content (AvgIpc) is 2.37. The number of benzene rings is 2. The molecule has 2 rings (SSSR count). The zero-order valence-electron chi connectivity index (χ0n) is 9.77. The molecule has 0 saturated carbocycles. The van der Waals surface area contributed by atoms with Gasteiger partial charge in [0.2, 0.25) is 5.82 Å². The number of nitro groups is 1. The fourth-order valence-electron chi connectivity index (χ4n) is 1.58. The molecule has 0 heterocycles. The number of nitro benzene ring substituents is 1. The molecule has 98 valence electrons. The maximum absolute atomic E-state index is 13.4. The van der Waals surface area contributed by atoms with Gasteiger partial charge in [-0.3, -0.25) is 10.1 Å². The van der Waals surface area contributed by atoms with E-state index in [-0.39, 0.29) is 0 Å². The second-order valence-corrected chi connectivity index (χ2v) is 4.34. The Morgan fingerprint density at radius 1 is 1.21 bits per heavy atom. The fraction of sp³-hybridized carbons (Fsp3) is 0.0769. The predicted molar refractivity (Wildman–Crippen MR) is 71.8 cm³/mol. The van der Waals surface area contributed by atoms with Gasteiger partial charge in [-0.1, -0.05) is 17.7 Å². The molecule has 0 unspecified atom stereocenters. The van der Waals surface area contributed by atoms with Gasteiger partial charge in [-0.05, 0) is 35.9 Å². The van der Waals surface area contributed by atoms with Crippen molar-refractivity contribution in [2.75, 3.05) is 5.32 Å². The summed E-state index contributed by atoms with van der Waals surface area (Å²) in [7, 11) is 0. The summed E-state index contributed by atoms with van der Waals surface area (Å²) in [6, 6.07) is 10.9. The SMILES string of the molecule is O=[N+]([O-])c1ccc(CNc2ccc(Cl)cc2)cc1F. The summed E-state index contributed by atoms with van der Waals surface area (Å²) in [5, 5.41) is 14.2. The summed E-state index contributed by atoms with van der Waals surface area (Å²) in [6.07, 6.45) is 0. The first kappa shape index (κ1) is 13.3. The maximum Gasteiger partial charge on any atom is 0.304 e. The Bertz CT molecular complexity index is 602. The van der Waals surface area contributed by atoms with Crippen LogP contribution in [0.4, 0.5) is 15.8 Å². The molecule has 6 heteroatoms. The molecule has 0 spiro atoms. The van der Waals surface area contributed by atoms with Crippen molar-refractivity contribution in [3.63, 3.8) is 0 Å². The Hall–Kier alpha value is -2.14. The third-order valence-electron chi connectivity index (χ3n) is 2.55. The van der Waals surface area contributed by atoms with Crippen LogP contribution >= 0.6 is 11.6 Å². The van der Waals surface area contributed by atoms with E-state index in [2.05, 4.69) is 5.32 Å². The van der Waals surface area contributed by atoms with Crippen LogP contribution in [-0.4, -0.2) is 4.92 Å². The van der Waals surface area contributed by atoms with Gasteiger partial charge in [0.1, 0.15) is 0 Å². The van der Waals surface area contributed by atoms with E-state index in [4.69, 9.17) is 11.6 Å². The van der Waals surface area contributed by atoms with Crippen molar-refractivity contribution >= 4 is 23.0 Å². The van der Waals surface area contributed by atoms with Crippen LogP contribution in [0, 0.1) is 15.9 Å². The summed E-state index contributed by atoms with van der Waals surface area (Å²) in [5.74, 6) is -0.833. The van der Waals surface area contributed by atoms with E-state index < -0.39 is 16.4 Å². The molecule has 2 aromatic carbocycles. The minimum Gasteiger partial charge on any atom is -0.381 e. The van der Waals surface area contributed by atoms with Gasteiger partial charge in [0.05, 0.1) is 4.92 Å². The van der Waals surface area contributed by atoms with Crippen molar-refractivity contribution in [3.05, 3.63) is 69.0 Å². The molecule has 0 atom stereocenters. The molecular weight excluding hydrogens is 271 g/mol. The number of hydrogen-bond acceptors (Lipinski definition) is 3. The molecular formula is C13H10ClFN2O2. The molecule has 0 aliphatic carbocycles. The highest BCUT2D eigenvalue weighted by molar-refractivity contribution is 6.30. The number of rotatable bonds is 4. The van der Waals surface area contributed by atoms with Gasteiger partial charge < -0.3 is 5.32 Å². The first-order valence-electron chi connectivity index (χ1n) is 5.48. The molecule has 0 aliphatic heterocycles. The Morgan fingerprint density at radius 2 is 1.89 bits per heavy atom. The van der Waals surface area contributed by atoms with Crippen molar-refractivity contribution in [1.29, 1.82) is 0 Å². The van der Waals surface area contributed by atoms with Crippen molar-refractivity contribution in [2.45, 2.75) is 6.54 Å². The summed E-state index contributed by atoms with van der Waals surface area (Å²) < 4.78 is 13.4. The van der Waals surface area contributed by atoms with E-state index in [1.54, 1.807) is 24.3 Å². The standard InChI is InChI=1S/C13H10ClFN2O2/c14-10-2-4-11(5-3-10)16-8-9-1-6-13(17(18)19)12(15)7-9/h1-7,16H,8H2. The van der Waals surface area contributed by atoms with Gasteiger partial charge in [-0.15, -0.1) is 0 Å². The molecule has 0 saturated heterocycles. The lowest BCUT2D eigenvalue weighted by Crippen LogP contribution is -2.01. The molecule has 0 amide bonds. The highest BCUT2D eigenvalue weighted by Gasteiger charge is 2.13. The van der Waals surface area contributed by atoms with Crippen LogP contribution in [-0.2, 0) is 6.54 Å². The van der Waals surface area contributed by atoms with Gasteiger partial charge in [0.15, 0.2) is 0 Å². The Kier molecular flexibility index (Phi) is 3.97. The van der Waals surface area contributed by atoms with Crippen LogP contribution in [0.2, 0.25) is 5.02 Å². The number of nitrogens with one attached hydrogen (secondary N) is 1. The number of halogens is 2. The molecule has 2 aromatic rings. The van der Waals surface area contributed by atoms with Crippen LogP contribution in [0.15, 0.2) is 42.5 Å². The first-order valence-corrected chi connectivity index (χ1v) is 5.86. The van der Waals surface area contributed by atoms with Crippen LogP contribution in [0.5, 0.6) is 0 Å². The van der Waals surface area contributed by atoms with Crippen LogP contribution < -0.4 is 5.32 Å². The minimum atomic E-state index is -0.833. The van der Waals surface area contributed by atoms with Crippen molar-refractivity contribution < 1.29 is 9.31 Å². The summed E-state index contributed by atoms with van der Waals surface area (Å²) in [5.41, 5.74) is 0.941. The molecule has 19 heavy (non-hydrogen) atoms. The van der Waals surface area contributed by atoms with Gasteiger partial charge in [0, 0.05) is 23.3 Å². The van der Waals surface area contributed by atoms with Crippen LogP contribution in [0.3, 0.4) is 0 Å². The number of hydrogen-bond donors (Lipinski definition) is 1. The normalized spacial score (nSPS) is 10.2. The molecule has 1 N–H and O–H groups in total. The molecule has 0 radical (unpaired) electrons. The number of anilines is 1. The topological polar surface area (TPSA) is 55.2 Å². The summed E-state index contributed by atoms with van der Waals surface area (Å²) >= 11 is 5.76. The van der Waals surface area contributed by atoms with E-state index in [1.165, 1.54) is 6.07 Å². The van der Waals surface area contributed by atoms with Crippen molar-refractivity contribution in [1.82, 2.24) is 0 Å².